The molecule has 0 bridgehead atoms. The van der Waals surface area contributed by atoms with E-state index >= 15 is 0 Å². The lowest BCUT2D eigenvalue weighted by Crippen LogP contribution is -2.15. The predicted molar refractivity (Wildman–Crippen MR) is 89.1 cm³/mol. The largest absolute Gasteiger partial charge is 0.454 e. The first-order valence-corrected chi connectivity index (χ1v) is 7.72. The molecule has 1 aromatic heterocycles. The third kappa shape index (κ3) is 3.46. The molecule has 0 amide bonds. The lowest BCUT2D eigenvalue weighted by atomic mass is 10.1. The molecule has 0 aliphatic rings. The average Bonchev–Trinajstić information content (AvgIpc) is 2.94. The van der Waals surface area contributed by atoms with Gasteiger partial charge in [0.15, 0.2) is 6.61 Å². The van der Waals surface area contributed by atoms with Crippen molar-refractivity contribution >= 4 is 22.7 Å². The maximum absolute atomic E-state index is 12.7. The summed E-state index contributed by atoms with van der Waals surface area (Å²) in [4.78, 5) is 27.5. The number of benzene rings is 2. The van der Waals surface area contributed by atoms with Gasteiger partial charge >= 0.3 is 12.1 Å². The summed E-state index contributed by atoms with van der Waals surface area (Å²) in [5.41, 5.74) is 0.593. The number of aromatic nitrogens is 1. The number of ether oxygens (including phenoxy) is 1. The van der Waals surface area contributed by atoms with Crippen LogP contribution in [0.25, 0.3) is 10.9 Å². The first-order valence-electron chi connectivity index (χ1n) is 7.72. The van der Waals surface area contributed by atoms with Crippen LogP contribution >= 0.6 is 0 Å². The lowest BCUT2D eigenvalue weighted by molar-refractivity contribution is -0.137. The van der Waals surface area contributed by atoms with Crippen molar-refractivity contribution in [1.29, 1.82) is 0 Å². The van der Waals surface area contributed by atoms with Gasteiger partial charge in [-0.15, -0.1) is 0 Å². The number of halogens is 3. The summed E-state index contributed by atoms with van der Waals surface area (Å²) in [6.45, 7) is 1.17. The minimum atomic E-state index is -4.56. The Bertz CT molecular complexity index is 989. The molecule has 2 aromatic carbocycles. The highest BCUT2D eigenvalue weighted by Crippen LogP contribution is 2.29. The molecule has 134 valence electrons. The average molecular weight is 361 g/mol. The molecule has 0 saturated carbocycles. The number of Topliss-reactive ketones (excluding diaryl/α,β-unsaturated/α-hetero) is 1. The molecule has 0 unspecified atom stereocenters. The molecule has 0 aliphatic heterocycles. The number of carbonyl (C=O) groups excluding carboxylic acids is 2. The second-order valence-corrected chi connectivity index (χ2v) is 5.75. The van der Waals surface area contributed by atoms with Crippen molar-refractivity contribution in [3.63, 3.8) is 0 Å². The van der Waals surface area contributed by atoms with Crippen LogP contribution in [-0.4, -0.2) is 23.3 Å². The molecule has 7 heteroatoms. The number of nitrogens with one attached hydrogen (secondary N) is 1. The van der Waals surface area contributed by atoms with Crippen LogP contribution in [-0.2, 0) is 10.9 Å². The molecule has 0 atom stereocenters. The highest BCUT2D eigenvalue weighted by Gasteiger charge is 2.31. The Balaban J connectivity index is 1.75. The summed E-state index contributed by atoms with van der Waals surface area (Å²) in [5.74, 6) is -1.41. The summed E-state index contributed by atoms with van der Waals surface area (Å²) in [6, 6.07) is 11.1. The maximum atomic E-state index is 12.7. The van der Waals surface area contributed by atoms with Crippen molar-refractivity contribution in [1.82, 2.24) is 4.98 Å². The summed E-state index contributed by atoms with van der Waals surface area (Å²) >= 11 is 0. The molecular weight excluding hydrogens is 347 g/mol. The second kappa shape index (κ2) is 6.67. The fourth-order valence-corrected chi connectivity index (χ4v) is 2.75. The molecular formula is C19H14F3NO3. The Kier molecular flexibility index (Phi) is 4.54. The fourth-order valence-electron chi connectivity index (χ4n) is 2.75. The normalized spacial score (nSPS) is 11.5. The van der Waals surface area contributed by atoms with Gasteiger partial charge in [0, 0.05) is 22.2 Å². The lowest BCUT2D eigenvalue weighted by Gasteiger charge is -2.09. The zero-order valence-corrected chi connectivity index (χ0v) is 13.7. The van der Waals surface area contributed by atoms with Gasteiger partial charge in [-0.25, -0.2) is 4.79 Å². The number of aryl methyl sites for hydroxylation is 1. The summed E-state index contributed by atoms with van der Waals surface area (Å²) in [6.07, 6.45) is -4.56. The van der Waals surface area contributed by atoms with Crippen molar-refractivity contribution in [3.8, 4) is 0 Å². The van der Waals surface area contributed by atoms with Gasteiger partial charge in [0.1, 0.15) is 0 Å². The number of hydrogen-bond donors (Lipinski definition) is 1. The van der Waals surface area contributed by atoms with E-state index in [0.29, 0.717) is 22.7 Å². The van der Waals surface area contributed by atoms with E-state index in [1.807, 2.05) is 12.1 Å². The van der Waals surface area contributed by atoms with E-state index in [2.05, 4.69) is 4.98 Å². The molecule has 0 saturated heterocycles. The Labute approximate surface area is 146 Å². The van der Waals surface area contributed by atoms with Crippen molar-refractivity contribution in [3.05, 3.63) is 70.9 Å². The van der Waals surface area contributed by atoms with Gasteiger partial charge in [-0.2, -0.15) is 13.2 Å². The number of carbonyl (C=O) groups is 2. The van der Waals surface area contributed by atoms with Gasteiger partial charge in [0.2, 0.25) is 5.78 Å². The van der Waals surface area contributed by atoms with Crippen molar-refractivity contribution in [2.45, 2.75) is 13.1 Å². The third-order valence-corrected chi connectivity index (χ3v) is 3.93. The first-order chi connectivity index (χ1) is 12.3. The Morgan fingerprint density at radius 3 is 2.54 bits per heavy atom. The Hall–Kier alpha value is -3.09. The number of ketones is 1. The standard InChI is InChI=1S/C19H14F3NO3/c1-11-17(14-7-2-3-8-15(14)23-11)16(24)10-26-18(25)12-5-4-6-13(9-12)19(20,21)22/h2-9,23H,10H2,1H3. The molecule has 1 heterocycles. The van der Waals surface area contributed by atoms with E-state index in [9.17, 15) is 22.8 Å². The van der Waals surface area contributed by atoms with Crippen molar-refractivity contribution in [2.24, 2.45) is 0 Å². The van der Waals surface area contributed by atoms with Gasteiger partial charge in [-0.05, 0) is 31.2 Å². The smallest absolute Gasteiger partial charge is 0.416 e. The minimum Gasteiger partial charge on any atom is -0.454 e. The monoisotopic (exact) mass is 361 g/mol. The van der Waals surface area contributed by atoms with Crippen LogP contribution in [0.3, 0.4) is 0 Å². The number of fused-ring (bicyclic) bond motifs is 1. The molecule has 3 rings (SSSR count). The quantitative estimate of drug-likeness (QED) is 0.548. The predicted octanol–water partition coefficient (Wildman–Crippen LogP) is 4.53. The van der Waals surface area contributed by atoms with Crippen LogP contribution in [0.2, 0.25) is 0 Å². The molecule has 26 heavy (non-hydrogen) atoms. The van der Waals surface area contributed by atoms with E-state index in [-0.39, 0.29) is 5.56 Å². The van der Waals surface area contributed by atoms with Crippen molar-refractivity contribution in [2.75, 3.05) is 6.61 Å². The third-order valence-electron chi connectivity index (χ3n) is 3.93. The highest BCUT2D eigenvalue weighted by atomic mass is 19.4. The zero-order valence-electron chi connectivity index (χ0n) is 13.7. The minimum absolute atomic E-state index is 0.261. The van der Waals surface area contributed by atoms with Gasteiger partial charge in [-0.3, -0.25) is 4.79 Å². The number of H-pyrrole nitrogens is 1. The first kappa shape index (κ1) is 17.7. The molecule has 0 spiro atoms. The molecule has 4 nitrogen and oxygen atoms in total. The van der Waals surface area contributed by atoms with Crippen LogP contribution in [0.4, 0.5) is 13.2 Å². The van der Waals surface area contributed by atoms with Gasteiger partial charge in [-0.1, -0.05) is 24.3 Å². The molecule has 0 fully saturated rings. The number of aromatic amines is 1. The van der Waals surface area contributed by atoms with Crippen molar-refractivity contribution < 1.29 is 27.5 Å². The van der Waals surface area contributed by atoms with Gasteiger partial charge < -0.3 is 9.72 Å². The van der Waals surface area contributed by atoms with E-state index in [4.69, 9.17) is 4.74 Å². The topological polar surface area (TPSA) is 59.2 Å². The summed E-state index contributed by atoms with van der Waals surface area (Å²) < 4.78 is 43.1. The van der Waals surface area contributed by atoms with E-state index in [0.717, 1.165) is 17.6 Å². The van der Waals surface area contributed by atoms with Crippen LogP contribution in [0.5, 0.6) is 0 Å². The SMILES string of the molecule is Cc1[nH]c2ccccc2c1C(=O)COC(=O)c1cccc(C(F)(F)F)c1. The van der Waals surface area contributed by atoms with E-state index in [1.165, 1.54) is 6.07 Å². The highest BCUT2D eigenvalue weighted by molar-refractivity contribution is 6.10. The summed E-state index contributed by atoms with van der Waals surface area (Å²) in [5, 5.41) is 0.699. The van der Waals surface area contributed by atoms with Gasteiger partial charge in [0.05, 0.1) is 11.1 Å². The number of rotatable bonds is 4. The van der Waals surface area contributed by atoms with E-state index < -0.39 is 30.1 Å². The number of alkyl halides is 3. The summed E-state index contributed by atoms with van der Waals surface area (Å²) in [7, 11) is 0. The van der Waals surface area contributed by atoms with Crippen LogP contribution in [0.15, 0.2) is 48.5 Å². The van der Waals surface area contributed by atoms with Gasteiger partial charge in [0.25, 0.3) is 0 Å². The molecule has 3 aromatic rings. The fraction of sp³-hybridized carbons (Fsp3) is 0.158. The molecule has 0 radical (unpaired) electrons. The second-order valence-electron chi connectivity index (χ2n) is 5.75. The van der Waals surface area contributed by atoms with Crippen LogP contribution in [0.1, 0.15) is 32.0 Å². The van der Waals surface area contributed by atoms with E-state index in [1.54, 1.807) is 19.1 Å². The van der Waals surface area contributed by atoms with Crippen LogP contribution < -0.4 is 0 Å². The molecule has 1 N–H and O–H groups in total. The Morgan fingerprint density at radius 2 is 1.81 bits per heavy atom. The number of hydrogen-bond acceptors (Lipinski definition) is 3. The molecule has 0 aliphatic carbocycles. The number of esters is 1. The Morgan fingerprint density at radius 1 is 1.08 bits per heavy atom. The maximum Gasteiger partial charge on any atom is 0.416 e. The number of para-hydroxylation sites is 1. The zero-order chi connectivity index (χ0) is 18.9. The van der Waals surface area contributed by atoms with Crippen LogP contribution in [0, 0.1) is 6.92 Å².